The average Bonchev–Trinajstić information content (AvgIpc) is 3.23. The van der Waals surface area contributed by atoms with Gasteiger partial charge in [0.2, 0.25) is 0 Å². The van der Waals surface area contributed by atoms with E-state index in [4.69, 9.17) is 4.74 Å². The quantitative estimate of drug-likeness (QED) is 0.678. The number of nitrogens with zero attached hydrogens (tertiary/aromatic N) is 1. The number of hydrogen-bond donors (Lipinski definition) is 3. The lowest BCUT2D eigenvalue weighted by atomic mass is 10.0. The van der Waals surface area contributed by atoms with Gasteiger partial charge in [-0.05, 0) is 57.4 Å². The van der Waals surface area contributed by atoms with Crippen LogP contribution in [0.25, 0.3) is 0 Å². The van der Waals surface area contributed by atoms with Crippen LogP contribution in [0.15, 0.2) is 35.2 Å². The molecule has 1 aliphatic carbocycles. The Morgan fingerprint density at radius 1 is 1.25 bits per heavy atom. The Bertz CT molecular complexity index is 922. The molecule has 3 N–H and O–H groups in total. The first-order valence-corrected chi connectivity index (χ1v) is 11.2. The highest BCUT2D eigenvalue weighted by Gasteiger charge is 2.30. The maximum Gasteiger partial charge on any atom is 0.407 e. The lowest BCUT2D eigenvalue weighted by molar-refractivity contribution is 0.0981. The number of hydrogen-bond acceptors (Lipinski definition) is 6. The Morgan fingerprint density at radius 3 is 2.61 bits per heavy atom. The van der Waals surface area contributed by atoms with Crippen molar-refractivity contribution in [2.75, 3.05) is 11.6 Å². The largest absolute Gasteiger partial charge is 0.446 e. The number of anilines is 2. The van der Waals surface area contributed by atoms with E-state index in [0.29, 0.717) is 5.82 Å². The van der Waals surface area contributed by atoms with Gasteiger partial charge < -0.3 is 15.4 Å². The van der Waals surface area contributed by atoms with Crippen molar-refractivity contribution < 1.29 is 17.9 Å². The van der Waals surface area contributed by atoms with Crippen molar-refractivity contribution in [2.45, 2.75) is 56.1 Å². The highest BCUT2D eigenvalue weighted by atomic mass is 32.2. The van der Waals surface area contributed by atoms with E-state index in [1.165, 1.54) is 6.26 Å². The van der Waals surface area contributed by atoms with E-state index in [-0.39, 0.29) is 29.1 Å². The molecule has 2 atom stereocenters. The van der Waals surface area contributed by atoms with Crippen molar-refractivity contribution in [2.24, 2.45) is 0 Å². The van der Waals surface area contributed by atoms with E-state index < -0.39 is 9.84 Å². The molecule has 3 rings (SSSR count). The summed E-state index contributed by atoms with van der Waals surface area (Å²) in [5.74, 6) is 0.913. The van der Waals surface area contributed by atoms with Crippen LogP contribution >= 0.6 is 0 Å². The number of nitrogens with one attached hydrogen (secondary N) is 3. The summed E-state index contributed by atoms with van der Waals surface area (Å²) in [5, 5.41) is 13.2. The molecule has 1 aromatic heterocycles. The predicted octanol–water partition coefficient (Wildman–Crippen LogP) is 3.33. The van der Waals surface area contributed by atoms with Crippen molar-refractivity contribution in [1.82, 2.24) is 15.5 Å². The molecule has 0 aliphatic heterocycles. The van der Waals surface area contributed by atoms with E-state index in [1.807, 2.05) is 19.9 Å². The summed E-state index contributed by atoms with van der Waals surface area (Å²) >= 11 is 0. The minimum atomic E-state index is -3.21. The van der Waals surface area contributed by atoms with Gasteiger partial charge in [-0.3, -0.25) is 5.10 Å². The topological polar surface area (TPSA) is 113 Å². The van der Waals surface area contributed by atoms with Crippen LogP contribution in [-0.4, -0.2) is 43.1 Å². The van der Waals surface area contributed by atoms with Crippen LogP contribution in [0.1, 0.15) is 44.7 Å². The van der Waals surface area contributed by atoms with Crippen molar-refractivity contribution in [1.29, 1.82) is 0 Å². The first-order valence-electron chi connectivity index (χ1n) is 9.30. The number of amides is 1. The standard InChI is InChI=1S/C19H26N4O4S/c1-12(2)20-19(24)27-15-7-4-13(10-15)17-11-18(23-22-17)21-14-5-8-16(9-6-14)28(3,25)26/h5-6,8-9,11-13,15H,4,7,10H2,1-3H3,(H,20,24)(H2,21,22,23)/t13-,15+/m1/s1. The fraction of sp³-hybridized carbons (Fsp3) is 0.474. The summed E-state index contributed by atoms with van der Waals surface area (Å²) in [6.07, 6.45) is 3.23. The molecule has 1 saturated carbocycles. The first kappa shape index (κ1) is 20.2. The second kappa shape index (κ2) is 8.22. The smallest absolute Gasteiger partial charge is 0.407 e. The summed E-state index contributed by atoms with van der Waals surface area (Å²) < 4.78 is 28.5. The number of aromatic amines is 1. The van der Waals surface area contributed by atoms with Gasteiger partial charge in [0.05, 0.1) is 4.90 Å². The van der Waals surface area contributed by atoms with E-state index in [1.54, 1.807) is 24.3 Å². The second-order valence-electron chi connectivity index (χ2n) is 7.47. The molecule has 0 bridgehead atoms. The number of benzene rings is 1. The molecule has 28 heavy (non-hydrogen) atoms. The Hall–Kier alpha value is -2.55. The summed E-state index contributed by atoms with van der Waals surface area (Å²) in [6, 6.07) is 8.52. The molecule has 0 saturated heterocycles. The van der Waals surface area contributed by atoms with Gasteiger partial charge >= 0.3 is 6.09 Å². The Labute approximate surface area is 165 Å². The van der Waals surface area contributed by atoms with Gasteiger partial charge in [0.25, 0.3) is 0 Å². The molecule has 0 unspecified atom stereocenters. The fourth-order valence-corrected chi connectivity index (χ4v) is 3.92. The zero-order valence-corrected chi connectivity index (χ0v) is 17.0. The van der Waals surface area contributed by atoms with Gasteiger partial charge in [-0.2, -0.15) is 5.10 Å². The molecule has 0 radical (unpaired) electrons. The van der Waals surface area contributed by atoms with Crippen LogP contribution in [-0.2, 0) is 14.6 Å². The highest BCUT2D eigenvalue weighted by molar-refractivity contribution is 7.90. The van der Waals surface area contributed by atoms with Crippen LogP contribution in [0, 0.1) is 0 Å². The van der Waals surface area contributed by atoms with Gasteiger partial charge in [0, 0.05) is 35.7 Å². The van der Waals surface area contributed by atoms with E-state index >= 15 is 0 Å². The summed E-state index contributed by atoms with van der Waals surface area (Å²) in [5.41, 5.74) is 1.74. The van der Waals surface area contributed by atoms with E-state index in [9.17, 15) is 13.2 Å². The minimum Gasteiger partial charge on any atom is -0.446 e. The van der Waals surface area contributed by atoms with Crippen molar-refractivity contribution >= 4 is 27.4 Å². The number of sulfone groups is 1. The van der Waals surface area contributed by atoms with Crippen LogP contribution in [0.3, 0.4) is 0 Å². The number of H-pyrrole nitrogens is 1. The second-order valence-corrected chi connectivity index (χ2v) is 9.48. The third-order valence-corrected chi connectivity index (χ3v) is 5.79. The van der Waals surface area contributed by atoms with E-state index in [0.717, 1.165) is 30.6 Å². The molecule has 1 heterocycles. The van der Waals surface area contributed by atoms with Gasteiger partial charge in [-0.1, -0.05) is 0 Å². The maximum atomic E-state index is 11.7. The third kappa shape index (κ3) is 5.25. The maximum absolute atomic E-state index is 11.7. The number of aromatic nitrogens is 2. The fourth-order valence-electron chi connectivity index (χ4n) is 3.29. The molecule has 152 valence electrons. The lowest BCUT2D eigenvalue weighted by Gasteiger charge is -2.14. The van der Waals surface area contributed by atoms with Gasteiger partial charge in [-0.15, -0.1) is 0 Å². The van der Waals surface area contributed by atoms with Crippen LogP contribution < -0.4 is 10.6 Å². The normalized spacial score (nSPS) is 19.6. The monoisotopic (exact) mass is 406 g/mol. The van der Waals surface area contributed by atoms with Gasteiger partial charge in [0.1, 0.15) is 6.10 Å². The van der Waals surface area contributed by atoms with Gasteiger partial charge in [-0.25, -0.2) is 13.2 Å². The summed E-state index contributed by atoms with van der Waals surface area (Å²) in [4.78, 5) is 12.0. The molecule has 1 aliphatic rings. The Balaban J connectivity index is 1.56. The van der Waals surface area contributed by atoms with E-state index in [2.05, 4.69) is 20.8 Å². The SMILES string of the molecule is CC(C)NC(=O)O[C@H]1CC[C@@H](c2cc(Nc3ccc(S(C)(=O)=O)cc3)n[nH]2)C1. The molecule has 1 fully saturated rings. The molecular weight excluding hydrogens is 380 g/mol. The van der Waals surface area contributed by atoms with Crippen LogP contribution in [0.2, 0.25) is 0 Å². The number of rotatable bonds is 6. The molecule has 1 aromatic carbocycles. The molecule has 0 spiro atoms. The van der Waals surface area contributed by atoms with Crippen molar-refractivity contribution in [3.05, 3.63) is 36.0 Å². The molecule has 1 amide bonds. The van der Waals surface area contributed by atoms with Crippen LogP contribution in [0.4, 0.5) is 16.3 Å². The van der Waals surface area contributed by atoms with Crippen LogP contribution in [0.5, 0.6) is 0 Å². The Kier molecular flexibility index (Phi) is 5.93. The lowest BCUT2D eigenvalue weighted by Crippen LogP contribution is -2.33. The number of carbonyl (C=O) groups is 1. The molecule has 2 aromatic rings. The zero-order chi connectivity index (χ0) is 20.3. The highest BCUT2D eigenvalue weighted by Crippen LogP contribution is 2.36. The van der Waals surface area contributed by atoms with Crippen molar-refractivity contribution in [3.63, 3.8) is 0 Å². The number of alkyl carbamates (subject to hydrolysis) is 1. The third-order valence-electron chi connectivity index (χ3n) is 4.66. The predicted molar refractivity (Wildman–Crippen MR) is 107 cm³/mol. The molecule has 8 nitrogen and oxygen atoms in total. The average molecular weight is 407 g/mol. The summed E-state index contributed by atoms with van der Waals surface area (Å²) in [6.45, 7) is 3.79. The number of ether oxygens (including phenoxy) is 1. The minimum absolute atomic E-state index is 0.0532. The molecular formula is C19H26N4O4S. The first-order chi connectivity index (χ1) is 13.2. The van der Waals surface area contributed by atoms with Gasteiger partial charge in [0.15, 0.2) is 15.7 Å². The number of carbonyl (C=O) groups excluding carboxylic acids is 1. The van der Waals surface area contributed by atoms with Crippen molar-refractivity contribution in [3.8, 4) is 0 Å². The molecule has 9 heteroatoms. The zero-order valence-electron chi connectivity index (χ0n) is 16.2. The Morgan fingerprint density at radius 2 is 1.96 bits per heavy atom. The summed E-state index contributed by atoms with van der Waals surface area (Å²) in [7, 11) is -3.21.